The summed E-state index contributed by atoms with van der Waals surface area (Å²) in [6, 6.07) is 5.20. The molecule has 1 saturated heterocycles. The van der Waals surface area contributed by atoms with Gasteiger partial charge in [-0.15, -0.1) is 0 Å². The molecule has 21 heavy (non-hydrogen) atoms. The monoisotopic (exact) mass is 302 g/mol. The number of aliphatic hydroxyl groups is 1. The molecule has 0 aliphatic carbocycles. The van der Waals surface area contributed by atoms with Crippen molar-refractivity contribution in [1.82, 2.24) is 10.2 Å². The number of piperidine rings is 1. The number of aliphatic hydroxyl groups excluding tert-OH is 1. The summed E-state index contributed by atoms with van der Waals surface area (Å²) in [6.07, 6.45) is -3.32. The second kappa shape index (κ2) is 6.77. The van der Waals surface area contributed by atoms with E-state index in [-0.39, 0.29) is 6.54 Å². The zero-order valence-electron chi connectivity index (χ0n) is 12.0. The lowest BCUT2D eigenvalue weighted by atomic mass is 10.0. The average molecular weight is 302 g/mol. The molecule has 0 unspecified atom stereocenters. The number of nitrogens with zero attached hydrogens (tertiary/aromatic N) is 1. The van der Waals surface area contributed by atoms with E-state index in [1.165, 1.54) is 12.1 Å². The van der Waals surface area contributed by atoms with Crippen LogP contribution in [0.3, 0.4) is 0 Å². The van der Waals surface area contributed by atoms with Crippen LogP contribution in [-0.4, -0.2) is 42.7 Å². The first-order chi connectivity index (χ1) is 9.86. The first-order valence-corrected chi connectivity index (χ1v) is 7.13. The summed E-state index contributed by atoms with van der Waals surface area (Å²) >= 11 is 0. The predicted molar refractivity (Wildman–Crippen MR) is 74.9 cm³/mol. The van der Waals surface area contributed by atoms with Gasteiger partial charge in [-0.3, -0.25) is 0 Å². The Balaban J connectivity index is 1.90. The van der Waals surface area contributed by atoms with E-state index in [1.54, 1.807) is 0 Å². The average Bonchev–Trinajstić information content (AvgIpc) is 2.45. The summed E-state index contributed by atoms with van der Waals surface area (Å²) in [5.74, 6) is 0. The Hall–Kier alpha value is -1.11. The van der Waals surface area contributed by atoms with E-state index >= 15 is 0 Å². The van der Waals surface area contributed by atoms with Crippen LogP contribution < -0.4 is 5.32 Å². The molecule has 1 aromatic carbocycles. The molecule has 1 fully saturated rings. The fourth-order valence-corrected chi connectivity index (χ4v) is 2.53. The molecule has 0 spiro atoms. The highest BCUT2D eigenvalue weighted by atomic mass is 19.4. The van der Waals surface area contributed by atoms with Gasteiger partial charge in [-0.25, -0.2) is 0 Å². The molecule has 6 heteroatoms. The van der Waals surface area contributed by atoms with E-state index in [4.69, 9.17) is 0 Å². The van der Waals surface area contributed by atoms with Crippen LogP contribution in [-0.2, 0) is 6.18 Å². The van der Waals surface area contributed by atoms with Gasteiger partial charge in [0.1, 0.15) is 0 Å². The molecule has 0 bridgehead atoms. The van der Waals surface area contributed by atoms with Gasteiger partial charge in [0.2, 0.25) is 0 Å². The maximum absolute atomic E-state index is 12.6. The van der Waals surface area contributed by atoms with Gasteiger partial charge in [-0.05, 0) is 50.7 Å². The first kappa shape index (κ1) is 16.3. The third-order valence-electron chi connectivity index (χ3n) is 3.92. The highest BCUT2D eigenvalue weighted by Gasteiger charge is 2.30. The lowest BCUT2D eigenvalue weighted by Crippen LogP contribution is -2.42. The number of nitrogens with one attached hydrogen (secondary N) is 1. The lowest BCUT2D eigenvalue weighted by Gasteiger charge is -2.30. The van der Waals surface area contributed by atoms with Crippen molar-refractivity contribution in [3.63, 3.8) is 0 Å². The third-order valence-corrected chi connectivity index (χ3v) is 3.92. The van der Waals surface area contributed by atoms with Crippen molar-refractivity contribution < 1.29 is 18.3 Å². The van der Waals surface area contributed by atoms with Gasteiger partial charge in [0.05, 0.1) is 11.7 Å². The summed E-state index contributed by atoms with van der Waals surface area (Å²) < 4.78 is 37.9. The fourth-order valence-electron chi connectivity index (χ4n) is 2.53. The van der Waals surface area contributed by atoms with Crippen molar-refractivity contribution >= 4 is 0 Å². The van der Waals surface area contributed by atoms with E-state index in [0.29, 0.717) is 11.6 Å². The highest BCUT2D eigenvalue weighted by Crippen LogP contribution is 2.30. The summed E-state index contributed by atoms with van der Waals surface area (Å²) in [5.41, 5.74) is -0.427. The summed E-state index contributed by atoms with van der Waals surface area (Å²) in [4.78, 5) is 2.24. The number of hydrogen-bond donors (Lipinski definition) is 2. The van der Waals surface area contributed by atoms with Crippen LogP contribution in [0.1, 0.15) is 30.1 Å². The molecule has 0 amide bonds. The van der Waals surface area contributed by atoms with E-state index in [9.17, 15) is 18.3 Å². The van der Waals surface area contributed by atoms with Crippen molar-refractivity contribution in [3.05, 3.63) is 35.4 Å². The van der Waals surface area contributed by atoms with E-state index in [0.717, 1.165) is 38.1 Å². The molecule has 1 heterocycles. The second-order valence-electron chi connectivity index (χ2n) is 5.62. The Morgan fingerprint density at radius 3 is 2.62 bits per heavy atom. The molecular formula is C15H21F3N2O. The van der Waals surface area contributed by atoms with Gasteiger partial charge in [0.25, 0.3) is 0 Å². The molecule has 118 valence electrons. The van der Waals surface area contributed by atoms with Gasteiger partial charge >= 0.3 is 6.18 Å². The first-order valence-electron chi connectivity index (χ1n) is 7.13. The van der Waals surface area contributed by atoms with Crippen molar-refractivity contribution in [1.29, 1.82) is 0 Å². The van der Waals surface area contributed by atoms with Crippen LogP contribution in [0.4, 0.5) is 13.2 Å². The second-order valence-corrected chi connectivity index (χ2v) is 5.62. The number of benzene rings is 1. The van der Waals surface area contributed by atoms with Gasteiger partial charge in [0.15, 0.2) is 0 Å². The molecule has 0 radical (unpaired) electrons. The Kier molecular flexibility index (Phi) is 5.24. The quantitative estimate of drug-likeness (QED) is 0.896. The van der Waals surface area contributed by atoms with Crippen LogP contribution in [0.5, 0.6) is 0 Å². The predicted octanol–water partition coefficient (Wildman–Crippen LogP) is 2.42. The molecule has 0 saturated carbocycles. The van der Waals surface area contributed by atoms with Gasteiger partial charge in [0, 0.05) is 12.6 Å². The SMILES string of the molecule is CN1CCC(NC[C@H](O)c2cccc(C(F)(F)F)c2)CC1. The topological polar surface area (TPSA) is 35.5 Å². The molecular weight excluding hydrogens is 281 g/mol. The van der Waals surface area contributed by atoms with Gasteiger partial charge in [-0.2, -0.15) is 13.2 Å². The summed E-state index contributed by atoms with van der Waals surface area (Å²) in [5, 5.41) is 13.3. The van der Waals surface area contributed by atoms with Crippen LogP contribution in [0.25, 0.3) is 0 Å². The molecule has 1 aliphatic rings. The van der Waals surface area contributed by atoms with Crippen molar-refractivity contribution in [3.8, 4) is 0 Å². The largest absolute Gasteiger partial charge is 0.416 e. The Morgan fingerprint density at radius 1 is 1.33 bits per heavy atom. The number of hydrogen-bond acceptors (Lipinski definition) is 3. The van der Waals surface area contributed by atoms with Crippen molar-refractivity contribution in [2.75, 3.05) is 26.7 Å². The number of rotatable bonds is 4. The van der Waals surface area contributed by atoms with Gasteiger partial charge in [-0.1, -0.05) is 12.1 Å². The Bertz CT molecular complexity index is 456. The third kappa shape index (κ3) is 4.69. The molecule has 2 N–H and O–H groups in total. The van der Waals surface area contributed by atoms with Crippen molar-refractivity contribution in [2.45, 2.75) is 31.2 Å². The lowest BCUT2D eigenvalue weighted by molar-refractivity contribution is -0.137. The molecule has 2 rings (SSSR count). The van der Waals surface area contributed by atoms with E-state index in [1.807, 2.05) is 0 Å². The number of halogens is 3. The van der Waals surface area contributed by atoms with E-state index < -0.39 is 17.8 Å². The fraction of sp³-hybridized carbons (Fsp3) is 0.600. The van der Waals surface area contributed by atoms with Crippen LogP contribution in [0.15, 0.2) is 24.3 Å². The normalized spacial score (nSPS) is 19.7. The van der Waals surface area contributed by atoms with Crippen LogP contribution in [0, 0.1) is 0 Å². The zero-order chi connectivity index (χ0) is 15.5. The summed E-state index contributed by atoms with van der Waals surface area (Å²) in [6.45, 7) is 2.27. The molecule has 1 aromatic rings. The maximum atomic E-state index is 12.6. The van der Waals surface area contributed by atoms with Crippen LogP contribution >= 0.6 is 0 Å². The minimum Gasteiger partial charge on any atom is -0.387 e. The number of likely N-dealkylation sites (tertiary alicyclic amines) is 1. The minimum atomic E-state index is -4.38. The molecule has 1 aliphatic heterocycles. The zero-order valence-corrected chi connectivity index (χ0v) is 12.0. The summed E-state index contributed by atoms with van der Waals surface area (Å²) in [7, 11) is 2.06. The molecule has 3 nitrogen and oxygen atoms in total. The Labute approximate surface area is 122 Å². The van der Waals surface area contributed by atoms with Crippen LogP contribution in [0.2, 0.25) is 0 Å². The minimum absolute atomic E-state index is 0.274. The molecule has 1 atom stereocenters. The highest BCUT2D eigenvalue weighted by molar-refractivity contribution is 5.27. The number of alkyl halides is 3. The van der Waals surface area contributed by atoms with E-state index in [2.05, 4.69) is 17.3 Å². The van der Waals surface area contributed by atoms with Gasteiger partial charge < -0.3 is 15.3 Å². The van der Waals surface area contributed by atoms with Crippen molar-refractivity contribution in [2.24, 2.45) is 0 Å². The smallest absolute Gasteiger partial charge is 0.387 e. The maximum Gasteiger partial charge on any atom is 0.416 e. The standard InChI is InChI=1S/C15H21F3N2O/c1-20-7-5-13(6-8-20)19-10-14(21)11-3-2-4-12(9-11)15(16,17)18/h2-4,9,13-14,19,21H,5-8,10H2,1H3/t14-/m0/s1. The Morgan fingerprint density at radius 2 is 2.00 bits per heavy atom. The molecule has 0 aromatic heterocycles.